The lowest BCUT2D eigenvalue weighted by atomic mass is 10.1. The molecule has 2 heterocycles. The number of nitrogens with zero attached hydrogens (tertiary/aromatic N) is 3. The van der Waals surface area contributed by atoms with E-state index in [1.807, 2.05) is 26.0 Å². The van der Waals surface area contributed by atoms with Crippen LogP contribution >= 0.6 is 0 Å². The molecule has 0 saturated heterocycles. The summed E-state index contributed by atoms with van der Waals surface area (Å²) in [5, 5.41) is 6.65. The molecule has 0 aliphatic carbocycles. The molecule has 0 spiro atoms. The maximum atomic E-state index is 12.3. The van der Waals surface area contributed by atoms with E-state index in [0.717, 1.165) is 11.3 Å². The molecule has 2 aromatic heterocycles. The molecule has 0 saturated carbocycles. The fourth-order valence-corrected chi connectivity index (χ4v) is 1.80. The van der Waals surface area contributed by atoms with Crippen LogP contribution in [0.25, 0.3) is 0 Å². The average molecular weight is 244 g/mol. The predicted octanol–water partition coefficient (Wildman–Crippen LogP) is 1.95. The summed E-state index contributed by atoms with van der Waals surface area (Å²) in [6, 6.07) is 3.82. The number of hydrogen-bond acceptors (Lipinski definition) is 3. The van der Waals surface area contributed by atoms with E-state index in [-0.39, 0.29) is 11.9 Å². The Bertz CT molecular complexity index is 535. The highest BCUT2D eigenvalue weighted by atomic mass is 16.2. The molecular weight excluding hydrogens is 228 g/mol. The van der Waals surface area contributed by atoms with Gasteiger partial charge in [0.2, 0.25) is 0 Å². The Balaban J connectivity index is 2.20. The molecule has 1 N–H and O–H groups in total. The summed E-state index contributed by atoms with van der Waals surface area (Å²) in [5.74, 6) is -0.0365. The van der Waals surface area contributed by atoms with Gasteiger partial charge in [-0.2, -0.15) is 5.10 Å². The van der Waals surface area contributed by atoms with E-state index in [1.54, 1.807) is 30.5 Å². The summed E-state index contributed by atoms with van der Waals surface area (Å²) in [6.07, 6.45) is 5.02. The lowest BCUT2D eigenvalue weighted by molar-refractivity contribution is 0.0742. The molecule has 2 rings (SSSR count). The smallest absolute Gasteiger partial charge is 0.257 e. The van der Waals surface area contributed by atoms with Crippen LogP contribution in [0.15, 0.2) is 30.7 Å². The number of rotatable bonds is 3. The number of aromatic amines is 1. The second kappa shape index (κ2) is 5.00. The van der Waals surface area contributed by atoms with Gasteiger partial charge in [-0.15, -0.1) is 0 Å². The van der Waals surface area contributed by atoms with Gasteiger partial charge in [0.05, 0.1) is 17.8 Å². The number of pyridine rings is 1. The summed E-state index contributed by atoms with van der Waals surface area (Å²) >= 11 is 0. The number of carbonyl (C=O) groups excluding carboxylic acids is 1. The van der Waals surface area contributed by atoms with Crippen molar-refractivity contribution in [2.24, 2.45) is 0 Å². The van der Waals surface area contributed by atoms with Crippen LogP contribution < -0.4 is 0 Å². The Kier molecular flexibility index (Phi) is 3.41. The molecule has 0 aliphatic heterocycles. The second-order valence-electron chi connectivity index (χ2n) is 4.28. The zero-order chi connectivity index (χ0) is 13.1. The molecule has 0 aliphatic rings. The number of amides is 1. The molecule has 5 heteroatoms. The maximum Gasteiger partial charge on any atom is 0.257 e. The first-order valence-electron chi connectivity index (χ1n) is 5.78. The molecular formula is C13H16N4O. The molecule has 0 fully saturated rings. The van der Waals surface area contributed by atoms with E-state index >= 15 is 0 Å². The number of carbonyl (C=O) groups is 1. The summed E-state index contributed by atoms with van der Waals surface area (Å²) in [7, 11) is 1.79. The van der Waals surface area contributed by atoms with Crippen molar-refractivity contribution in [3.63, 3.8) is 0 Å². The van der Waals surface area contributed by atoms with Crippen LogP contribution in [-0.2, 0) is 0 Å². The summed E-state index contributed by atoms with van der Waals surface area (Å²) in [5.41, 5.74) is 2.45. The number of nitrogens with one attached hydrogen (secondary N) is 1. The van der Waals surface area contributed by atoms with Gasteiger partial charge in [-0.3, -0.25) is 14.9 Å². The van der Waals surface area contributed by atoms with Crippen LogP contribution in [-0.4, -0.2) is 33.0 Å². The van der Waals surface area contributed by atoms with Crippen LogP contribution in [0.3, 0.4) is 0 Å². The van der Waals surface area contributed by atoms with Crippen LogP contribution in [0.1, 0.15) is 34.6 Å². The third kappa shape index (κ3) is 2.25. The topological polar surface area (TPSA) is 61.9 Å². The van der Waals surface area contributed by atoms with Crippen molar-refractivity contribution in [1.29, 1.82) is 0 Å². The Morgan fingerprint density at radius 3 is 2.61 bits per heavy atom. The van der Waals surface area contributed by atoms with Gasteiger partial charge >= 0.3 is 0 Å². The van der Waals surface area contributed by atoms with Crippen molar-refractivity contribution in [1.82, 2.24) is 20.1 Å². The van der Waals surface area contributed by atoms with E-state index in [0.29, 0.717) is 5.56 Å². The predicted molar refractivity (Wildman–Crippen MR) is 68.1 cm³/mol. The van der Waals surface area contributed by atoms with Gasteiger partial charge in [-0.25, -0.2) is 0 Å². The first kappa shape index (κ1) is 12.3. The summed E-state index contributed by atoms with van der Waals surface area (Å²) < 4.78 is 0. The molecule has 0 aromatic carbocycles. The molecule has 5 nitrogen and oxygen atoms in total. The number of hydrogen-bond donors (Lipinski definition) is 1. The Morgan fingerprint density at radius 2 is 2.06 bits per heavy atom. The third-order valence-corrected chi connectivity index (χ3v) is 3.15. The van der Waals surface area contributed by atoms with Crippen molar-refractivity contribution in [2.45, 2.75) is 19.9 Å². The van der Waals surface area contributed by atoms with Gasteiger partial charge in [-0.1, -0.05) is 0 Å². The second-order valence-corrected chi connectivity index (χ2v) is 4.28. The maximum absolute atomic E-state index is 12.3. The first-order valence-corrected chi connectivity index (χ1v) is 5.78. The minimum atomic E-state index is -0.0365. The molecule has 0 bridgehead atoms. The molecule has 1 amide bonds. The third-order valence-electron chi connectivity index (χ3n) is 3.15. The van der Waals surface area contributed by atoms with Crippen molar-refractivity contribution >= 4 is 5.91 Å². The lowest BCUT2D eigenvalue weighted by Gasteiger charge is -2.25. The molecule has 0 radical (unpaired) electrons. The zero-order valence-electron chi connectivity index (χ0n) is 10.7. The van der Waals surface area contributed by atoms with E-state index in [9.17, 15) is 4.79 Å². The highest BCUT2D eigenvalue weighted by Gasteiger charge is 2.21. The van der Waals surface area contributed by atoms with Gasteiger partial charge < -0.3 is 4.90 Å². The van der Waals surface area contributed by atoms with Crippen molar-refractivity contribution < 1.29 is 4.79 Å². The van der Waals surface area contributed by atoms with Crippen LogP contribution in [0.4, 0.5) is 0 Å². The van der Waals surface area contributed by atoms with E-state index in [2.05, 4.69) is 15.2 Å². The molecule has 94 valence electrons. The minimum absolute atomic E-state index is 0.00481. The van der Waals surface area contributed by atoms with Gasteiger partial charge in [-0.05, 0) is 31.5 Å². The molecule has 18 heavy (non-hydrogen) atoms. The molecule has 2 aromatic rings. The average Bonchev–Trinajstić information content (AvgIpc) is 2.83. The van der Waals surface area contributed by atoms with E-state index in [4.69, 9.17) is 0 Å². The van der Waals surface area contributed by atoms with Crippen LogP contribution in [0, 0.1) is 6.92 Å². The molecule has 1 atom stereocenters. The van der Waals surface area contributed by atoms with Crippen molar-refractivity contribution in [3.05, 3.63) is 47.5 Å². The minimum Gasteiger partial charge on any atom is -0.335 e. The summed E-state index contributed by atoms with van der Waals surface area (Å²) in [6.45, 7) is 3.83. The van der Waals surface area contributed by atoms with Gasteiger partial charge in [0.1, 0.15) is 0 Å². The lowest BCUT2D eigenvalue weighted by Crippen LogP contribution is -2.29. The SMILES string of the molecule is Cc1[nH]ncc1C(=O)N(C)C(C)c1ccncc1. The normalized spacial score (nSPS) is 12.2. The Hall–Kier alpha value is -2.17. The first-order chi connectivity index (χ1) is 8.61. The highest BCUT2D eigenvalue weighted by Crippen LogP contribution is 2.20. The van der Waals surface area contributed by atoms with Crippen molar-refractivity contribution in [2.75, 3.05) is 7.05 Å². The Morgan fingerprint density at radius 1 is 1.39 bits per heavy atom. The standard InChI is InChI=1S/C13H16N4O/c1-9-12(8-15-16-9)13(18)17(3)10(2)11-4-6-14-7-5-11/h4-8,10H,1-3H3,(H,15,16). The van der Waals surface area contributed by atoms with E-state index < -0.39 is 0 Å². The van der Waals surface area contributed by atoms with E-state index in [1.165, 1.54) is 0 Å². The van der Waals surface area contributed by atoms with Gasteiger partial charge in [0, 0.05) is 25.1 Å². The largest absolute Gasteiger partial charge is 0.335 e. The number of aryl methyl sites for hydroxylation is 1. The van der Waals surface area contributed by atoms with Crippen LogP contribution in [0.5, 0.6) is 0 Å². The molecule has 1 unspecified atom stereocenters. The monoisotopic (exact) mass is 244 g/mol. The Labute approximate surface area is 106 Å². The van der Waals surface area contributed by atoms with Gasteiger partial charge in [0.25, 0.3) is 5.91 Å². The fourth-order valence-electron chi connectivity index (χ4n) is 1.80. The summed E-state index contributed by atoms with van der Waals surface area (Å²) in [4.78, 5) is 18.0. The number of aromatic nitrogens is 3. The fraction of sp³-hybridized carbons (Fsp3) is 0.308. The highest BCUT2D eigenvalue weighted by molar-refractivity contribution is 5.95. The number of H-pyrrole nitrogens is 1. The quantitative estimate of drug-likeness (QED) is 0.897. The zero-order valence-corrected chi connectivity index (χ0v) is 10.7. The van der Waals surface area contributed by atoms with Crippen molar-refractivity contribution in [3.8, 4) is 0 Å². The van der Waals surface area contributed by atoms with Crippen LogP contribution in [0.2, 0.25) is 0 Å². The van der Waals surface area contributed by atoms with Gasteiger partial charge in [0.15, 0.2) is 0 Å².